The summed E-state index contributed by atoms with van der Waals surface area (Å²) in [4.78, 5) is 36.1. The van der Waals surface area contributed by atoms with Gasteiger partial charge in [-0.25, -0.2) is 9.59 Å². The Balaban J connectivity index is 1.79. The van der Waals surface area contributed by atoms with E-state index in [-0.39, 0.29) is 5.78 Å². The molecule has 0 amide bonds. The molecule has 0 aliphatic carbocycles. The fourth-order valence-corrected chi connectivity index (χ4v) is 2.66. The largest absolute Gasteiger partial charge is 0.423 e. The van der Waals surface area contributed by atoms with Crippen LogP contribution >= 0.6 is 0 Å². The molecule has 0 bridgehead atoms. The highest BCUT2D eigenvalue weighted by molar-refractivity contribution is 6.10. The lowest BCUT2D eigenvalue weighted by atomic mass is 10.00. The molecule has 3 rings (SSSR count). The molecule has 0 saturated carbocycles. The lowest BCUT2D eigenvalue weighted by molar-refractivity contribution is -0.130. The number of carbonyl (C=O) groups excluding carboxylic acids is 3. The summed E-state index contributed by atoms with van der Waals surface area (Å²) in [7, 11) is 0. The van der Waals surface area contributed by atoms with Gasteiger partial charge >= 0.3 is 11.9 Å². The van der Waals surface area contributed by atoms with Gasteiger partial charge in [-0.3, -0.25) is 4.79 Å². The van der Waals surface area contributed by atoms with Crippen LogP contribution in [0.25, 0.3) is 10.8 Å². The second-order valence-corrected chi connectivity index (χ2v) is 6.92. The van der Waals surface area contributed by atoms with Crippen LogP contribution in [-0.2, 0) is 9.59 Å². The van der Waals surface area contributed by atoms with Crippen molar-refractivity contribution in [3.63, 3.8) is 0 Å². The minimum Gasteiger partial charge on any atom is -0.423 e. The Labute approximate surface area is 174 Å². The Kier molecular flexibility index (Phi) is 5.93. The minimum atomic E-state index is -0.517. The van der Waals surface area contributed by atoms with E-state index < -0.39 is 11.9 Å². The van der Waals surface area contributed by atoms with E-state index in [4.69, 9.17) is 9.47 Å². The topological polar surface area (TPSA) is 69.7 Å². The van der Waals surface area contributed by atoms with Gasteiger partial charge in [-0.1, -0.05) is 31.4 Å². The first-order valence-corrected chi connectivity index (χ1v) is 9.18. The molecule has 150 valence electrons. The molecule has 0 spiro atoms. The average Bonchev–Trinajstić information content (AvgIpc) is 2.73. The van der Waals surface area contributed by atoms with Crippen LogP contribution < -0.4 is 9.47 Å². The second kappa shape index (κ2) is 8.57. The molecule has 0 N–H and O–H groups in total. The van der Waals surface area contributed by atoms with E-state index in [0.29, 0.717) is 33.8 Å². The van der Waals surface area contributed by atoms with Gasteiger partial charge in [0, 0.05) is 22.3 Å². The van der Waals surface area contributed by atoms with E-state index in [1.54, 1.807) is 74.5 Å². The van der Waals surface area contributed by atoms with Gasteiger partial charge in [-0.2, -0.15) is 0 Å². The Bertz CT molecular complexity index is 1190. The number of rotatable bonds is 6. The van der Waals surface area contributed by atoms with Gasteiger partial charge in [-0.05, 0) is 67.1 Å². The summed E-state index contributed by atoms with van der Waals surface area (Å²) in [6.45, 7) is 10.2. The van der Waals surface area contributed by atoms with Crippen molar-refractivity contribution in [1.82, 2.24) is 0 Å². The summed E-state index contributed by atoms with van der Waals surface area (Å²) in [5, 5.41) is 1.67. The van der Waals surface area contributed by atoms with E-state index in [2.05, 4.69) is 13.2 Å². The van der Waals surface area contributed by atoms with Gasteiger partial charge < -0.3 is 9.47 Å². The summed E-state index contributed by atoms with van der Waals surface area (Å²) in [5.74, 6) is -0.410. The van der Waals surface area contributed by atoms with E-state index in [1.807, 2.05) is 0 Å². The predicted octanol–water partition coefficient (Wildman–Crippen LogP) is 5.03. The van der Waals surface area contributed by atoms with Gasteiger partial charge in [0.1, 0.15) is 11.5 Å². The molecular weight excluding hydrogens is 380 g/mol. The summed E-state index contributed by atoms with van der Waals surface area (Å²) < 4.78 is 10.4. The van der Waals surface area contributed by atoms with Crippen molar-refractivity contribution in [2.24, 2.45) is 0 Å². The molecule has 0 atom stereocenters. The van der Waals surface area contributed by atoms with Crippen molar-refractivity contribution < 1.29 is 23.9 Å². The molecule has 0 aliphatic heterocycles. The Morgan fingerprint density at radius 2 is 1.10 bits per heavy atom. The SMILES string of the molecule is C=C(C)C(=O)Oc1ccc(C(=O)c2ccc3cc(OC(=O)C(=C)C)ccc3c2)cc1. The molecule has 5 heteroatoms. The van der Waals surface area contributed by atoms with Crippen LogP contribution in [0.4, 0.5) is 0 Å². The predicted molar refractivity (Wildman–Crippen MR) is 115 cm³/mol. The van der Waals surface area contributed by atoms with E-state index in [1.165, 1.54) is 0 Å². The van der Waals surface area contributed by atoms with Gasteiger partial charge in [0.2, 0.25) is 0 Å². The number of benzene rings is 3. The van der Waals surface area contributed by atoms with Crippen molar-refractivity contribution in [3.8, 4) is 11.5 Å². The molecule has 3 aromatic carbocycles. The summed E-state index contributed by atoms with van der Waals surface area (Å²) in [6.07, 6.45) is 0. The van der Waals surface area contributed by atoms with Crippen LogP contribution in [0.2, 0.25) is 0 Å². The van der Waals surface area contributed by atoms with Gasteiger partial charge in [0.25, 0.3) is 0 Å². The quantitative estimate of drug-likeness (QED) is 0.251. The number of hydrogen-bond acceptors (Lipinski definition) is 5. The third-order valence-electron chi connectivity index (χ3n) is 4.31. The molecule has 0 aromatic heterocycles. The first-order chi connectivity index (χ1) is 14.2. The normalized spacial score (nSPS) is 10.3. The maximum Gasteiger partial charge on any atom is 0.338 e. The van der Waals surface area contributed by atoms with Gasteiger partial charge in [-0.15, -0.1) is 0 Å². The molecule has 0 aliphatic rings. The van der Waals surface area contributed by atoms with Crippen LogP contribution in [0.1, 0.15) is 29.8 Å². The molecule has 0 fully saturated rings. The highest BCUT2D eigenvalue weighted by Gasteiger charge is 2.12. The van der Waals surface area contributed by atoms with E-state index in [0.717, 1.165) is 10.8 Å². The zero-order valence-corrected chi connectivity index (χ0v) is 16.7. The van der Waals surface area contributed by atoms with E-state index in [9.17, 15) is 14.4 Å². The minimum absolute atomic E-state index is 0.160. The summed E-state index contributed by atoms with van der Waals surface area (Å²) in [6, 6.07) is 16.8. The third-order valence-corrected chi connectivity index (χ3v) is 4.31. The van der Waals surface area contributed by atoms with Gasteiger partial charge in [0.05, 0.1) is 0 Å². The fraction of sp³-hybridized carbons (Fsp3) is 0.0800. The van der Waals surface area contributed by atoms with Crippen LogP contribution in [0.3, 0.4) is 0 Å². The van der Waals surface area contributed by atoms with E-state index >= 15 is 0 Å². The number of ether oxygens (including phenoxy) is 2. The molecular formula is C25H20O5. The Hall–Kier alpha value is -3.99. The number of esters is 2. The number of carbonyl (C=O) groups is 3. The van der Waals surface area contributed by atoms with Crippen molar-refractivity contribution in [3.05, 3.63) is 96.1 Å². The third kappa shape index (κ3) is 4.70. The molecule has 30 heavy (non-hydrogen) atoms. The highest BCUT2D eigenvalue weighted by Crippen LogP contribution is 2.24. The number of hydrogen-bond donors (Lipinski definition) is 0. The smallest absolute Gasteiger partial charge is 0.338 e. The van der Waals surface area contributed by atoms with Crippen molar-refractivity contribution in [1.29, 1.82) is 0 Å². The lowest BCUT2D eigenvalue weighted by Gasteiger charge is -2.08. The molecule has 0 radical (unpaired) electrons. The maximum absolute atomic E-state index is 12.8. The van der Waals surface area contributed by atoms with Crippen molar-refractivity contribution in [2.45, 2.75) is 13.8 Å². The van der Waals surface area contributed by atoms with Crippen molar-refractivity contribution >= 4 is 28.5 Å². The lowest BCUT2D eigenvalue weighted by Crippen LogP contribution is -2.08. The van der Waals surface area contributed by atoms with Crippen molar-refractivity contribution in [2.75, 3.05) is 0 Å². The van der Waals surface area contributed by atoms with Crippen LogP contribution in [0.15, 0.2) is 85.0 Å². The number of ketones is 1. The molecule has 5 nitrogen and oxygen atoms in total. The average molecular weight is 400 g/mol. The zero-order valence-electron chi connectivity index (χ0n) is 16.7. The molecule has 0 saturated heterocycles. The van der Waals surface area contributed by atoms with Crippen LogP contribution in [0.5, 0.6) is 11.5 Å². The number of fused-ring (bicyclic) bond motifs is 1. The van der Waals surface area contributed by atoms with Crippen LogP contribution in [0, 0.1) is 0 Å². The molecule has 0 heterocycles. The summed E-state index contributed by atoms with van der Waals surface area (Å²) >= 11 is 0. The fourth-order valence-electron chi connectivity index (χ4n) is 2.66. The zero-order chi connectivity index (χ0) is 21.8. The van der Waals surface area contributed by atoms with Crippen LogP contribution in [-0.4, -0.2) is 17.7 Å². The van der Waals surface area contributed by atoms with Gasteiger partial charge in [0.15, 0.2) is 5.78 Å². The Morgan fingerprint density at radius 1 is 0.633 bits per heavy atom. The first kappa shape index (κ1) is 20.7. The molecule has 0 unspecified atom stereocenters. The Morgan fingerprint density at radius 3 is 1.70 bits per heavy atom. The summed E-state index contributed by atoms with van der Waals surface area (Å²) in [5.41, 5.74) is 1.60. The maximum atomic E-state index is 12.8. The highest BCUT2D eigenvalue weighted by atomic mass is 16.5. The monoisotopic (exact) mass is 400 g/mol. The standard InChI is InChI=1S/C25H20O5/c1-15(2)24(27)29-21-10-7-17(8-11-21)23(26)20-6-5-19-14-22(12-9-18(19)13-20)30-25(28)16(3)4/h5-14H,1,3H2,2,4H3. The molecule has 3 aromatic rings. The second-order valence-electron chi connectivity index (χ2n) is 6.92. The first-order valence-electron chi connectivity index (χ1n) is 9.18.